The average molecular weight is 359 g/mol. The van der Waals surface area contributed by atoms with Crippen LogP contribution in [-0.4, -0.2) is 37.9 Å². The molecule has 1 amide bonds. The van der Waals surface area contributed by atoms with Crippen LogP contribution in [0.5, 0.6) is 0 Å². The number of nitrogens with one attached hydrogen (secondary N) is 1. The second-order valence-corrected chi connectivity index (χ2v) is 6.27. The topological polar surface area (TPSA) is 99.5 Å². The summed E-state index contributed by atoms with van der Waals surface area (Å²) < 4.78 is 4.89. The van der Waals surface area contributed by atoms with Gasteiger partial charge in [-0.25, -0.2) is 0 Å². The molecule has 0 spiro atoms. The lowest BCUT2D eigenvalue weighted by Gasteiger charge is -2.14. The first kappa shape index (κ1) is 18.5. The second-order valence-electron chi connectivity index (χ2n) is 5.24. The van der Waals surface area contributed by atoms with Crippen molar-refractivity contribution in [3.63, 3.8) is 0 Å². The molecule has 1 heterocycles. The Morgan fingerprint density at radius 2 is 2.04 bits per heavy atom. The van der Waals surface area contributed by atoms with Crippen molar-refractivity contribution in [3.05, 3.63) is 34.9 Å². The predicted molar refractivity (Wildman–Crippen MR) is 92.6 cm³/mol. The molecule has 7 nitrogen and oxygen atoms in total. The fraction of sp³-hybridized carbons (Fsp3) is 0.294. The van der Waals surface area contributed by atoms with Gasteiger partial charge in [0.15, 0.2) is 6.61 Å². The standard InChI is InChI=1S/C17H17N3O4S/c1-11(21)19-8-7-16(23)24-10-14(22)12(9-18)17-20(2)13-5-3-4-6-15(13)25-17/h3-6H,7-8,10H2,1-2H3,(H,19,21)/b17-12-. The molecule has 0 unspecified atom stereocenters. The molecule has 0 aromatic heterocycles. The Bertz CT molecular complexity index is 782. The van der Waals surface area contributed by atoms with Crippen molar-refractivity contribution in [2.24, 2.45) is 0 Å². The van der Waals surface area contributed by atoms with Gasteiger partial charge in [0.25, 0.3) is 0 Å². The van der Waals surface area contributed by atoms with E-state index in [9.17, 15) is 19.6 Å². The van der Waals surface area contributed by atoms with E-state index >= 15 is 0 Å². The predicted octanol–water partition coefficient (Wildman–Crippen LogP) is 1.60. The average Bonchev–Trinajstić information content (AvgIpc) is 2.90. The van der Waals surface area contributed by atoms with Gasteiger partial charge in [-0.2, -0.15) is 5.26 Å². The van der Waals surface area contributed by atoms with E-state index in [0.29, 0.717) is 5.03 Å². The molecule has 2 rings (SSSR count). The first-order valence-electron chi connectivity index (χ1n) is 7.52. The summed E-state index contributed by atoms with van der Waals surface area (Å²) in [5.41, 5.74) is 0.869. The largest absolute Gasteiger partial charge is 0.457 e. The molecule has 0 saturated heterocycles. The van der Waals surface area contributed by atoms with Gasteiger partial charge in [0.05, 0.1) is 12.1 Å². The van der Waals surface area contributed by atoms with Gasteiger partial charge in [0.1, 0.15) is 16.7 Å². The van der Waals surface area contributed by atoms with E-state index in [1.165, 1.54) is 18.7 Å². The van der Waals surface area contributed by atoms with E-state index in [-0.39, 0.29) is 24.4 Å². The zero-order valence-corrected chi connectivity index (χ0v) is 14.7. The summed E-state index contributed by atoms with van der Waals surface area (Å²) in [4.78, 5) is 37.3. The maximum atomic E-state index is 12.3. The Morgan fingerprint density at radius 3 is 2.68 bits per heavy atom. The summed E-state index contributed by atoms with van der Waals surface area (Å²) in [6, 6.07) is 9.48. The van der Waals surface area contributed by atoms with Gasteiger partial charge in [-0.15, -0.1) is 0 Å². The van der Waals surface area contributed by atoms with E-state index in [0.717, 1.165) is 10.6 Å². The van der Waals surface area contributed by atoms with Crippen molar-refractivity contribution in [1.29, 1.82) is 5.26 Å². The number of ketones is 1. The first-order chi connectivity index (χ1) is 11.9. The van der Waals surface area contributed by atoms with Crippen molar-refractivity contribution in [1.82, 2.24) is 5.32 Å². The Kier molecular flexibility index (Phi) is 6.19. The zero-order valence-electron chi connectivity index (χ0n) is 13.9. The van der Waals surface area contributed by atoms with E-state index in [2.05, 4.69) is 5.32 Å². The molecule has 130 valence electrons. The number of nitriles is 1. The van der Waals surface area contributed by atoms with E-state index in [1.54, 1.807) is 11.9 Å². The van der Waals surface area contributed by atoms with Crippen LogP contribution < -0.4 is 10.2 Å². The summed E-state index contributed by atoms with van der Waals surface area (Å²) in [5.74, 6) is -1.42. The van der Waals surface area contributed by atoms with Crippen LogP contribution in [-0.2, 0) is 19.1 Å². The molecule has 1 aliphatic heterocycles. The number of ether oxygens (including phenoxy) is 1. The molecule has 1 aromatic rings. The van der Waals surface area contributed by atoms with E-state index in [1.807, 2.05) is 30.3 Å². The number of hydrogen-bond acceptors (Lipinski definition) is 7. The number of carbonyl (C=O) groups is 3. The maximum Gasteiger partial charge on any atom is 0.308 e. The van der Waals surface area contributed by atoms with Gasteiger partial charge in [-0.05, 0) is 12.1 Å². The minimum atomic E-state index is -0.611. The molecule has 0 bridgehead atoms. The molecule has 0 atom stereocenters. The third-order valence-corrected chi connectivity index (χ3v) is 4.65. The van der Waals surface area contributed by atoms with Crippen LogP contribution in [0.2, 0.25) is 0 Å². The van der Waals surface area contributed by atoms with Gasteiger partial charge in [0, 0.05) is 25.4 Å². The van der Waals surface area contributed by atoms with Crippen molar-refractivity contribution in [3.8, 4) is 6.07 Å². The highest BCUT2D eigenvalue weighted by Crippen LogP contribution is 2.45. The summed E-state index contributed by atoms with van der Waals surface area (Å²) in [6.07, 6.45) is -0.0363. The molecule has 0 radical (unpaired) electrons. The fourth-order valence-electron chi connectivity index (χ4n) is 2.18. The molecule has 0 aliphatic carbocycles. The van der Waals surface area contributed by atoms with Crippen LogP contribution in [0.4, 0.5) is 5.69 Å². The molecule has 1 aromatic carbocycles. The molecule has 1 aliphatic rings. The lowest BCUT2D eigenvalue weighted by Crippen LogP contribution is -2.25. The summed E-state index contributed by atoms with van der Waals surface area (Å²) in [6.45, 7) is 0.979. The van der Waals surface area contributed by atoms with Gasteiger partial charge >= 0.3 is 5.97 Å². The number of fused-ring (bicyclic) bond motifs is 1. The minimum Gasteiger partial charge on any atom is -0.457 e. The molecular weight excluding hydrogens is 342 g/mol. The smallest absolute Gasteiger partial charge is 0.308 e. The third kappa shape index (κ3) is 4.61. The van der Waals surface area contributed by atoms with Crippen LogP contribution in [0.3, 0.4) is 0 Å². The second kappa shape index (κ2) is 8.35. The number of rotatable bonds is 6. The number of thioether (sulfide) groups is 1. The number of amides is 1. The fourth-order valence-corrected chi connectivity index (χ4v) is 3.34. The van der Waals surface area contributed by atoms with Gasteiger partial charge in [0.2, 0.25) is 11.7 Å². The number of carbonyl (C=O) groups excluding carboxylic acids is 3. The number of benzene rings is 1. The number of anilines is 1. The first-order valence-corrected chi connectivity index (χ1v) is 8.34. The highest BCUT2D eigenvalue weighted by molar-refractivity contribution is 8.03. The highest BCUT2D eigenvalue weighted by Gasteiger charge is 2.28. The molecule has 25 heavy (non-hydrogen) atoms. The number of Topliss-reactive ketones (excluding diaryl/α,β-unsaturated/α-hetero) is 1. The van der Waals surface area contributed by atoms with Crippen LogP contribution in [0, 0.1) is 11.3 Å². The minimum absolute atomic E-state index is 0.0363. The Morgan fingerprint density at radius 1 is 1.32 bits per heavy atom. The zero-order chi connectivity index (χ0) is 18.4. The summed E-state index contributed by atoms with van der Waals surface area (Å²) in [7, 11) is 1.78. The maximum absolute atomic E-state index is 12.3. The monoisotopic (exact) mass is 359 g/mol. The van der Waals surface area contributed by atoms with Gasteiger partial charge in [-0.3, -0.25) is 14.4 Å². The van der Waals surface area contributed by atoms with Crippen LogP contribution in [0.1, 0.15) is 13.3 Å². The number of esters is 1. The van der Waals surface area contributed by atoms with Gasteiger partial charge < -0.3 is 15.0 Å². The number of hydrogen-bond donors (Lipinski definition) is 1. The normalized spacial score (nSPS) is 14.4. The summed E-state index contributed by atoms with van der Waals surface area (Å²) in [5, 5.41) is 12.3. The van der Waals surface area contributed by atoms with Crippen molar-refractivity contribution >= 4 is 35.1 Å². The SMILES string of the molecule is CC(=O)NCCC(=O)OCC(=O)/C(C#N)=C1\Sc2ccccc2N1C. The Hall–Kier alpha value is -2.79. The molecule has 8 heteroatoms. The Labute approximate surface area is 149 Å². The number of para-hydroxylation sites is 1. The highest BCUT2D eigenvalue weighted by atomic mass is 32.2. The Balaban J connectivity index is 1.99. The molecule has 0 saturated carbocycles. The summed E-state index contributed by atoms with van der Waals surface area (Å²) >= 11 is 1.33. The molecular formula is C17H17N3O4S. The third-order valence-electron chi connectivity index (χ3n) is 3.41. The van der Waals surface area contributed by atoms with E-state index < -0.39 is 18.4 Å². The van der Waals surface area contributed by atoms with Crippen LogP contribution >= 0.6 is 11.8 Å². The molecule has 1 N–H and O–H groups in total. The van der Waals surface area contributed by atoms with Crippen molar-refractivity contribution in [2.75, 3.05) is 25.1 Å². The number of nitrogens with zero attached hydrogens (tertiary/aromatic N) is 2. The lowest BCUT2D eigenvalue weighted by atomic mass is 10.2. The van der Waals surface area contributed by atoms with Crippen molar-refractivity contribution < 1.29 is 19.1 Å². The molecule has 0 fully saturated rings. The quantitative estimate of drug-likeness (QED) is 0.468. The van der Waals surface area contributed by atoms with Crippen LogP contribution in [0.15, 0.2) is 39.8 Å². The van der Waals surface area contributed by atoms with Crippen molar-refractivity contribution in [2.45, 2.75) is 18.2 Å². The van der Waals surface area contributed by atoms with Crippen LogP contribution in [0.25, 0.3) is 0 Å². The van der Waals surface area contributed by atoms with E-state index in [4.69, 9.17) is 4.74 Å². The lowest BCUT2D eigenvalue weighted by molar-refractivity contribution is -0.147. The van der Waals surface area contributed by atoms with Gasteiger partial charge in [-0.1, -0.05) is 23.9 Å².